The normalized spacial score (nSPS) is 10.0. The maximum absolute atomic E-state index is 11.6. The van der Waals surface area contributed by atoms with Gasteiger partial charge in [0.05, 0.1) is 14.2 Å². The first-order chi connectivity index (χ1) is 8.49. The van der Waals surface area contributed by atoms with Crippen molar-refractivity contribution in [1.29, 1.82) is 0 Å². The van der Waals surface area contributed by atoms with E-state index in [2.05, 4.69) is 0 Å². The molecule has 0 bridgehead atoms. The van der Waals surface area contributed by atoms with Crippen molar-refractivity contribution in [2.24, 2.45) is 0 Å². The van der Waals surface area contributed by atoms with Gasteiger partial charge in [0.15, 0.2) is 11.5 Å². The number of nitrogens with zero attached hydrogens (tertiary/aromatic N) is 1. The molecule has 0 saturated heterocycles. The summed E-state index contributed by atoms with van der Waals surface area (Å²) in [7, 11) is 6.61. The first kappa shape index (κ1) is 14.2. The first-order valence-corrected chi connectivity index (χ1v) is 5.70. The number of rotatable bonds is 5. The van der Waals surface area contributed by atoms with Gasteiger partial charge in [-0.15, -0.1) is 0 Å². The van der Waals surface area contributed by atoms with Crippen molar-refractivity contribution in [2.75, 3.05) is 34.0 Å². The molecule has 1 aromatic carbocycles. The zero-order chi connectivity index (χ0) is 13.7. The lowest BCUT2D eigenvalue weighted by Gasteiger charge is -2.15. The van der Waals surface area contributed by atoms with E-state index in [-0.39, 0.29) is 5.91 Å². The second kappa shape index (κ2) is 6.14. The molecule has 5 heteroatoms. The lowest BCUT2D eigenvalue weighted by Crippen LogP contribution is -2.21. The van der Waals surface area contributed by atoms with Crippen LogP contribution in [0.15, 0.2) is 12.1 Å². The predicted molar refractivity (Wildman–Crippen MR) is 71.0 cm³/mol. The molecular weight excluding hydrogens is 232 g/mol. The van der Waals surface area contributed by atoms with Gasteiger partial charge in [0.1, 0.15) is 0 Å². The van der Waals surface area contributed by atoms with E-state index in [1.54, 1.807) is 39.3 Å². The van der Waals surface area contributed by atoms with Crippen molar-refractivity contribution in [3.05, 3.63) is 17.7 Å². The highest BCUT2D eigenvalue weighted by Crippen LogP contribution is 2.34. The molecule has 0 aliphatic rings. The number of nitrogens with two attached hydrogens (primary N) is 1. The summed E-state index contributed by atoms with van der Waals surface area (Å²) in [5.41, 5.74) is 7.27. The monoisotopic (exact) mass is 252 g/mol. The van der Waals surface area contributed by atoms with Gasteiger partial charge in [-0.3, -0.25) is 4.79 Å². The smallest absolute Gasteiger partial charge is 0.222 e. The quantitative estimate of drug-likeness (QED) is 0.802. The number of methoxy groups -OCH3 is 2. The average molecular weight is 252 g/mol. The molecule has 1 rings (SSSR count). The van der Waals surface area contributed by atoms with Crippen molar-refractivity contribution < 1.29 is 14.3 Å². The van der Waals surface area contributed by atoms with Crippen LogP contribution >= 0.6 is 0 Å². The summed E-state index contributed by atoms with van der Waals surface area (Å²) in [5.74, 6) is 1.29. The van der Waals surface area contributed by atoms with Crippen LogP contribution in [0.5, 0.6) is 11.5 Å². The van der Waals surface area contributed by atoms with Gasteiger partial charge in [-0.25, -0.2) is 0 Å². The Balaban J connectivity index is 2.93. The SMILES string of the molecule is COc1cc(N)cc(CCC(=O)N(C)C)c1OC. The van der Waals surface area contributed by atoms with Crippen LogP contribution in [0.25, 0.3) is 0 Å². The number of benzene rings is 1. The third kappa shape index (κ3) is 3.29. The first-order valence-electron chi connectivity index (χ1n) is 5.70. The largest absolute Gasteiger partial charge is 0.493 e. The zero-order valence-electron chi connectivity index (χ0n) is 11.3. The van der Waals surface area contributed by atoms with Crippen molar-refractivity contribution in [1.82, 2.24) is 4.90 Å². The summed E-state index contributed by atoms with van der Waals surface area (Å²) in [6, 6.07) is 3.51. The molecule has 2 N–H and O–H groups in total. The molecule has 0 aromatic heterocycles. The second-order valence-electron chi connectivity index (χ2n) is 4.20. The number of carbonyl (C=O) groups is 1. The van der Waals surface area contributed by atoms with E-state index in [1.165, 1.54) is 0 Å². The van der Waals surface area contributed by atoms with Gasteiger partial charge in [0, 0.05) is 37.8 Å². The minimum absolute atomic E-state index is 0.0680. The Bertz CT molecular complexity index is 430. The van der Waals surface area contributed by atoms with Crippen molar-refractivity contribution in [3.8, 4) is 11.5 Å². The highest BCUT2D eigenvalue weighted by molar-refractivity contribution is 5.76. The van der Waals surface area contributed by atoms with Crippen LogP contribution in [0.1, 0.15) is 12.0 Å². The standard InChI is InChI=1S/C13H20N2O3/c1-15(2)12(16)6-5-9-7-10(14)8-11(17-3)13(9)18-4/h7-8H,5-6,14H2,1-4H3. The fourth-order valence-corrected chi connectivity index (χ4v) is 1.72. The predicted octanol–water partition coefficient (Wildman–Crippen LogP) is 1.31. The molecule has 1 aromatic rings. The lowest BCUT2D eigenvalue weighted by molar-refractivity contribution is -0.128. The van der Waals surface area contributed by atoms with Crippen LogP contribution in [0.4, 0.5) is 5.69 Å². The summed E-state index contributed by atoms with van der Waals surface area (Å²) in [4.78, 5) is 13.1. The number of hydrogen-bond donors (Lipinski definition) is 1. The van der Waals surface area contributed by atoms with E-state index >= 15 is 0 Å². The molecule has 0 fully saturated rings. The Morgan fingerprint density at radius 1 is 1.28 bits per heavy atom. The maximum Gasteiger partial charge on any atom is 0.222 e. The highest BCUT2D eigenvalue weighted by Gasteiger charge is 2.13. The van der Waals surface area contributed by atoms with Gasteiger partial charge in [-0.05, 0) is 12.5 Å². The molecule has 5 nitrogen and oxygen atoms in total. The molecule has 0 unspecified atom stereocenters. The average Bonchev–Trinajstić information content (AvgIpc) is 2.34. The van der Waals surface area contributed by atoms with E-state index in [1.807, 2.05) is 6.07 Å². The summed E-state index contributed by atoms with van der Waals surface area (Å²) < 4.78 is 10.5. The lowest BCUT2D eigenvalue weighted by atomic mass is 10.1. The molecular formula is C13H20N2O3. The summed E-state index contributed by atoms with van der Waals surface area (Å²) in [5, 5.41) is 0. The molecule has 0 radical (unpaired) electrons. The molecule has 18 heavy (non-hydrogen) atoms. The van der Waals surface area contributed by atoms with Crippen LogP contribution in [0.2, 0.25) is 0 Å². The molecule has 0 heterocycles. The summed E-state index contributed by atoms with van der Waals surface area (Å²) in [6.07, 6.45) is 0.984. The van der Waals surface area contributed by atoms with Gasteiger partial charge in [0.25, 0.3) is 0 Å². The number of carbonyl (C=O) groups excluding carboxylic acids is 1. The Morgan fingerprint density at radius 3 is 2.44 bits per heavy atom. The van der Waals surface area contributed by atoms with Crippen molar-refractivity contribution in [3.63, 3.8) is 0 Å². The third-order valence-electron chi connectivity index (χ3n) is 2.69. The van der Waals surface area contributed by atoms with E-state index < -0.39 is 0 Å². The van der Waals surface area contributed by atoms with Crippen LogP contribution in [-0.4, -0.2) is 39.1 Å². The number of nitrogen functional groups attached to an aromatic ring is 1. The van der Waals surface area contributed by atoms with Crippen molar-refractivity contribution in [2.45, 2.75) is 12.8 Å². The number of ether oxygens (including phenoxy) is 2. The number of amides is 1. The maximum atomic E-state index is 11.6. The number of aryl methyl sites for hydroxylation is 1. The Hall–Kier alpha value is -1.91. The van der Waals surface area contributed by atoms with Crippen LogP contribution in [-0.2, 0) is 11.2 Å². The molecule has 0 aliphatic heterocycles. The Morgan fingerprint density at radius 2 is 1.94 bits per heavy atom. The summed E-state index contributed by atoms with van der Waals surface area (Å²) in [6.45, 7) is 0. The molecule has 0 saturated carbocycles. The minimum Gasteiger partial charge on any atom is -0.493 e. The number of anilines is 1. The fraction of sp³-hybridized carbons (Fsp3) is 0.462. The van der Waals surface area contributed by atoms with E-state index in [0.29, 0.717) is 30.0 Å². The molecule has 100 valence electrons. The van der Waals surface area contributed by atoms with Gasteiger partial charge in [-0.2, -0.15) is 0 Å². The molecule has 0 aliphatic carbocycles. The van der Waals surface area contributed by atoms with E-state index in [9.17, 15) is 4.79 Å². The highest BCUT2D eigenvalue weighted by atomic mass is 16.5. The van der Waals surface area contributed by atoms with Crippen LogP contribution in [0, 0.1) is 0 Å². The van der Waals surface area contributed by atoms with E-state index in [0.717, 1.165) is 5.56 Å². The Labute approximate surface area is 107 Å². The summed E-state index contributed by atoms with van der Waals surface area (Å²) >= 11 is 0. The molecule has 1 amide bonds. The number of hydrogen-bond acceptors (Lipinski definition) is 4. The Kier molecular flexibility index (Phi) is 4.83. The third-order valence-corrected chi connectivity index (χ3v) is 2.69. The molecule has 0 spiro atoms. The van der Waals surface area contributed by atoms with Gasteiger partial charge in [-0.1, -0.05) is 0 Å². The van der Waals surface area contributed by atoms with Gasteiger partial charge >= 0.3 is 0 Å². The van der Waals surface area contributed by atoms with E-state index in [4.69, 9.17) is 15.2 Å². The topological polar surface area (TPSA) is 64.8 Å². The van der Waals surface area contributed by atoms with Gasteiger partial charge in [0.2, 0.25) is 5.91 Å². The second-order valence-corrected chi connectivity index (χ2v) is 4.20. The minimum atomic E-state index is 0.0680. The van der Waals surface area contributed by atoms with Crippen LogP contribution < -0.4 is 15.2 Å². The van der Waals surface area contributed by atoms with Gasteiger partial charge < -0.3 is 20.1 Å². The zero-order valence-corrected chi connectivity index (χ0v) is 11.3. The van der Waals surface area contributed by atoms with Crippen LogP contribution in [0.3, 0.4) is 0 Å². The fourth-order valence-electron chi connectivity index (χ4n) is 1.72. The molecule has 0 atom stereocenters. The van der Waals surface area contributed by atoms with Crippen molar-refractivity contribution >= 4 is 11.6 Å².